The maximum atomic E-state index is 10.8. The average Bonchev–Trinajstić information content (AvgIpc) is 2.29. The van der Waals surface area contributed by atoms with Crippen molar-refractivity contribution in [2.75, 3.05) is 0 Å². The topological polar surface area (TPSA) is 59.4 Å². The summed E-state index contributed by atoms with van der Waals surface area (Å²) < 4.78 is 5.60. The predicted octanol–water partition coefficient (Wildman–Crippen LogP) is 3.30. The number of nitrogens with zero attached hydrogens (tertiary/aromatic N) is 1. The molecule has 2 rings (SSSR count). The molecule has 19 heavy (non-hydrogen) atoms. The molecule has 1 aromatic heterocycles. The van der Waals surface area contributed by atoms with Gasteiger partial charge in [-0.25, -0.2) is 4.98 Å². The molecule has 1 heterocycles. The Morgan fingerprint density at radius 3 is 2.79 bits per heavy atom. The van der Waals surface area contributed by atoms with Crippen LogP contribution in [-0.2, 0) is 11.2 Å². The van der Waals surface area contributed by atoms with E-state index in [0.717, 1.165) is 16.7 Å². The molecular formula is C14H14ClNO3. The fourth-order valence-electron chi connectivity index (χ4n) is 1.81. The molecule has 0 spiro atoms. The van der Waals surface area contributed by atoms with E-state index in [1.54, 1.807) is 6.07 Å². The molecule has 0 saturated heterocycles. The number of benzene rings is 1. The van der Waals surface area contributed by atoms with E-state index in [0.29, 0.717) is 5.56 Å². The number of pyridine rings is 1. The second-order valence-electron chi connectivity index (χ2n) is 4.53. The predicted molar refractivity (Wildman–Crippen MR) is 73.9 cm³/mol. The van der Waals surface area contributed by atoms with Gasteiger partial charge in [-0.3, -0.25) is 4.79 Å². The third-order valence-corrected chi connectivity index (χ3v) is 2.85. The van der Waals surface area contributed by atoms with Crippen molar-refractivity contribution in [3.8, 4) is 5.75 Å². The van der Waals surface area contributed by atoms with Gasteiger partial charge in [0.25, 0.3) is 0 Å². The van der Waals surface area contributed by atoms with Crippen molar-refractivity contribution >= 4 is 28.5 Å². The molecule has 4 nitrogen and oxygen atoms in total. The molecule has 100 valence electrons. The highest BCUT2D eigenvalue weighted by atomic mass is 35.5. The largest absolute Gasteiger partial charge is 0.491 e. The number of halogens is 1. The van der Waals surface area contributed by atoms with Gasteiger partial charge in [-0.15, -0.1) is 0 Å². The quantitative estimate of drug-likeness (QED) is 0.873. The summed E-state index contributed by atoms with van der Waals surface area (Å²) in [5.41, 5.74) is 1.22. The van der Waals surface area contributed by atoms with Crippen molar-refractivity contribution in [3.63, 3.8) is 0 Å². The Morgan fingerprint density at radius 1 is 1.42 bits per heavy atom. The summed E-state index contributed by atoms with van der Waals surface area (Å²) in [4.78, 5) is 15.0. The number of carboxylic acids is 1. The van der Waals surface area contributed by atoms with Gasteiger partial charge in [-0.1, -0.05) is 11.6 Å². The van der Waals surface area contributed by atoms with Crippen molar-refractivity contribution in [2.45, 2.75) is 26.4 Å². The molecule has 0 fully saturated rings. The molecule has 0 aliphatic rings. The summed E-state index contributed by atoms with van der Waals surface area (Å²) in [5.74, 6) is -0.203. The van der Waals surface area contributed by atoms with Crippen LogP contribution in [0, 0.1) is 0 Å². The van der Waals surface area contributed by atoms with Crippen LogP contribution < -0.4 is 4.74 Å². The fourth-order valence-corrected chi connectivity index (χ4v) is 2.02. The van der Waals surface area contributed by atoms with Crippen LogP contribution in [0.5, 0.6) is 5.75 Å². The molecular weight excluding hydrogens is 266 g/mol. The van der Waals surface area contributed by atoms with Gasteiger partial charge in [0.1, 0.15) is 10.9 Å². The van der Waals surface area contributed by atoms with Crippen LogP contribution in [0.2, 0.25) is 5.15 Å². The van der Waals surface area contributed by atoms with Gasteiger partial charge in [0.2, 0.25) is 0 Å². The van der Waals surface area contributed by atoms with E-state index in [9.17, 15) is 4.79 Å². The monoisotopic (exact) mass is 279 g/mol. The van der Waals surface area contributed by atoms with Crippen molar-refractivity contribution in [1.82, 2.24) is 4.98 Å². The Labute approximate surface area is 116 Å². The molecule has 1 aromatic carbocycles. The molecule has 2 aromatic rings. The first-order valence-corrected chi connectivity index (χ1v) is 6.31. The van der Waals surface area contributed by atoms with E-state index < -0.39 is 5.97 Å². The molecule has 0 unspecified atom stereocenters. The number of fused-ring (bicyclic) bond motifs is 1. The third kappa shape index (κ3) is 3.35. The summed E-state index contributed by atoms with van der Waals surface area (Å²) in [6, 6.07) is 7.21. The lowest BCUT2D eigenvalue weighted by atomic mass is 10.1. The highest BCUT2D eigenvalue weighted by Gasteiger charge is 2.09. The minimum atomic E-state index is -0.933. The first-order chi connectivity index (χ1) is 8.95. The number of hydrogen-bond donors (Lipinski definition) is 1. The van der Waals surface area contributed by atoms with Crippen LogP contribution >= 0.6 is 11.6 Å². The van der Waals surface area contributed by atoms with Crippen molar-refractivity contribution < 1.29 is 14.6 Å². The number of carboxylic acid groups (broad SMARTS) is 1. The van der Waals surface area contributed by atoms with Crippen molar-refractivity contribution in [3.05, 3.63) is 35.0 Å². The summed E-state index contributed by atoms with van der Waals surface area (Å²) in [6.45, 7) is 3.89. The molecule has 0 saturated carbocycles. The lowest BCUT2D eigenvalue weighted by molar-refractivity contribution is -0.136. The van der Waals surface area contributed by atoms with Gasteiger partial charge >= 0.3 is 5.97 Å². The zero-order chi connectivity index (χ0) is 14.0. The molecule has 0 amide bonds. The zero-order valence-electron chi connectivity index (χ0n) is 10.7. The van der Waals surface area contributed by atoms with E-state index in [1.165, 1.54) is 0 Å². The second kappa shape index (κ2) is 5.45. The molecule has 0 aliphatic carbocycles. The molecule has 5 heteroatoms. The van der Waals surface area contributed by atoms with Crippen LogP contribution in [0.1, 0.15) is 19.4 Å². The van der Waals surface area contributed by atoms with Gasteiger partial charge in [0.15, 0.2) is 0 Å². The van der Waals surface area contributed by atoms with Crippen LogP contribution in [-0.4, -0.2) is 22.2 Å². The van der Waals surface area contributed by atoms with Gasteiger partial charge in [0, 0.05) is 10.9 Å². The minimum absolute atomic E-state index is 0.0798. The first kappa shape index (κ1) is 13.6. The molecule has 0 bridgehead atoms. The average molecular weight is 280 g/mol. The van der Waals surface area contributed by atoms with E-state index in [-0.39, 0.29) is 17.7 Å². The van der Waals surface area contributed by atoms with Gasteiger partial charge in [-0.05, 0) is 38.1 Å². The third-order valence-electron chi connectivity index (χ3n) is 2.53. The zero-order valence-corrected chi connectivity index (χ0v) is 11.4. The highest BCUT2D eigenvalue weighted by molar-refractivity contribution is 6.30. The summed E-state index contributed by atoms with van der Waals surface area (Å²) in [5, 5.41) is 9.87. The molecule has 1 N–H and O–H groups in total. The van der Waals surface area contributed by atoms with E-state index in [2.05, 4.69) is 4.98 Å². The number of aromatic nitrogens is 1. The molecule has 0 aliphatic heterocycles. The highest BCUT2D eigenvalue weighted by Crippen LogP contribution is 2.25. The van der Waals surface area contributed by atoms with Gasteiger partial charge in [0.05, 0.1) is 18.0 Å². The Kier molecular flexibility index (Phi) is 3.90. The maximum absolute atomic E-state index is 10.8. The SMILES string of the molecule is CC(C)Oc1ccc2nc(Cl)c(CC(=O)O)cc2c1. The Hall–Kier alpha value is -1.81. The maximum Gasteiger partial charge on any atom is 0.307 e. The van der Waals surface area contributed by atoms with Gasteiger partial charge in [-0.2, -0.15) is 0 Å². The second-order valence-corrected chi connectivity index (χ2v) is 4.89. The number of aliphatic carboxylic acids is 1. The smallest absolute Gasteiger partial charge is 0.307 e. The Bertz CT molecular complexity index is 625. The van der Waals surface area contributed by atoms with Crippen LogP contribution in [0.25, 0.3) is 10.9 Å². The Balaban J connectivity index is 2.45. The number of rotatable bonds is 4. The summed E-state index contributed by atoms with van der Waals surface area (Å²) >= 11 is 5.97. The first-order valence-electron chi connectivity index (χ1n) is 5.93. The Morgan fingerprint density at radius 2 is 2.16 bits per heavy atom. The van der Waals surface area contributed by atoms with Gasteiger partial charge < -0.3 is 9.84 Å². The number of ether oxygens (including phenoxy) is 1. The standard InChI is InChI=1S/C14H14ClNO3/c1-8(2)19-11-3-4-12-9(6-11)5-10(7-13(17)18)14(15)16-12/h3-6,8H,7H2,1-2H3,(H,17,18). The van der Waals surface area contributed by atoms with E-state index in [1.807, 2.05) is 32.0 Å². The summed E-state index contributed by atoms with van der Waals surface area (Å²) in [6.07, 6.45) is -0.0620. The number of hydrogen-bond acceptors (Lipinski definition) is 3. The fraction of sp³-hybridized carbons (Fsp3) is 0.286. The minimum Gasteiger partial charge on any atom is -0.491 e. The van der Waals surface area contributed by atoms with Crippen LogP contribution in [0.3, 0.4) is 0 Å². The number of carbonyl (C=O) groups is 1. The lowest BCUT2D eigenvalue weighted by Crippen LogP contribution is -2.05. The molecule has 0 atom stereocenters. The van der Waals surface area contributed by atoms with Crippen LogP contribution in [0.4, 0.5) is 0 Å². The van der Waals surface area contributed by atoms with Crippen molar-refractivity contribution in [1.29, 1.82) is 0 Å². The molecule has 0 radical (unpaired) electrons. The normalized spacial score (nSPS) is 10.9. The lowest BCUT2D eigenvalue weighted by Gasteiger charge is -2.11. The van der Waals surface area contributed by atoms with E-state index >= 15 is 0 Å². The van der Waals surface area contributed by atoms with Crippen molar-refractivity contribution in [2.24, 2.45) is 0 Å². The summed E-state index contributed by atoms with van der Waals surface area (Å²) in [7, 11) is 0. The van der Waals surface area contributed by atoms with Crippen LogP contribution in [0.15, 0.2) is 24.3 Å². The van der Waals surface area contributed by atoms with E-state index in [4.69, 9.17) is 21.4 Å².